The van der Waals surface area contributed by atoms with Crippen LogP contribution in [0.2, 0.25) is 0 Å². The number of ether oxygens (including phenoxy) is 2. The third-order valence-electron chi connectivity index (χ3n) is 3.18. The fourth-order valence-corrected chi connectivity index (χ4v) is 1.91. The van der Waals surface area contributed by atoms with E-state index in [0.717, 1.165) is 11.3 Å². The molecule has 0 saturated heterocycles. The summed E-state index contributed by atoms with van der Waals surface area (Å²) in [5.74, 6) is 0.536. The lowest BCUT2D eigenvalue weighted by atomic mass is 10.2. The largest absolute Gasteiger partial charge is 0.497 e. The highest BCUT2D eigenvalue weighted by Gasteiger charge is 2.09. The number of carbonyl (C=O) groups is 1. The van der Waals surface area contributed by atoms with Gasteiger partial charge in [0, 0.05) is 24.5 Å². The maximum Gasteiger partial charge on any atom is 0.251 e. The molecule has 0 saturated carbocycles. The molecule has 6 nitrogen and oxygen atoms in total. The molecule has 1 amide bonds. The van der Waals surface area contributed by atoms with Crippen molar-refractivity contribution in [3.8, 4) is 5.75 Å². The number of nitrogens with one attached hydrogen (secondary N) is 1. The van der Waals surface area contributed by atoms with Crippen molar-refractivity contribution in [2.45, 2.75) is 12.7 Å². The molecule has 2 rings (SSSR count). The number of hydrogen-bond donors (Lipinski definition) is 2. The summed E-state index contributed by atoms with van der Waals surface area (Å²) in [7, 11) is 1.61. The van der Waals surface area contributed by atoms with Crippen molar-refractivity contribution in [1.82, 2.24) is 10.3 Å². The van der Waals surface area contributed by atoms with Gasteiger partial charge >= 0.3 is 0 Å². The molecule has 1 heterocycles. The molecule has 0 aliphatic carbocycles. The van der Waals surface area contributed by atoms with Gasteiger partial charge in [0.1, 0.15) is 5.75 Å². The molecule has 1 aromatic carbocycles. The number of methoxy groups -OCH3 is 1. The summed E-state index contributed by atoms with van der Waals surface area (Å²) in [5.41, 5.74) is 1.49. The molecular formula is C17H20N2O4. The molecule has 6 heteroatoms. The Kier molecular flexibility index (Phi) is 6.53. The molecule has 0 radical (unpaired) electrons. The average molecular weight is 316 g/mol. The van der Waals surface area contributed by atoms with Gasteiger partial charge in [-0.1, -0.05) is 12.1 Å². The molecule has 0 spiro atoms. The molecule has 0 fully saturated rings. The van der Waals surface area contributed by atoms with Crippen LogP contribution in [-0.4, -0.2) is 42.4 Å². The van der Waals surface area contributed by atoms with Gasteiger partial charge in [0.25, 0.3) is 5.91 Å². The van der Waals surface area contributed by atoms with E-state index in [4.69, 9.17) is 9.47 Å². The molecule has 1 atom stereocenters. The van der Waals surface area contributed by atoms with E-state index in [9.17, 15) is 9.90 Å². The summed E-state index contributed by atoms with van der Waals surface area (Å²) in [6, 6.07) is 10.7. The Labute approximate surface area is 135 Å². The molecule has 0 aliphatic rings. The summed E-state index contributed by atoms with van der Waals surface area (Å²) in [4.78, 5) is 15.6. The summed E-state index contributed by atoms with van der Waals surface area (Å²) in [6.07, 6.45) is 2.33. The van der Waals surface area contributed by atoms with Gasteiger partial charge in [-0.3, -0.25) is 9.78 Å². The number of rotatable bonds is 8. The second-order valence-corrected chi connectivity index (χ2v) is 4.96. The predicted octanol–water partition coefficient (Wildman–Crippen LogP) is 1.40. The number of hydrogen-bond acceptors (Lipinski definition) is 5. The zero-order chi connectivity index (χ0) is 16.5. The highest BCUT2D eigenvalue weighted by Crippen LogP contribution is 2.11. The lowest BCUT2D eigenvalue weighted by Gasteiger charge is -2.12. The van der Waals surface area contributed by atoms with Crippen molar-refractivity contribution in [2.24, 2.45) is 0 Å². The fourth-order valence-electron chi connectivity index (χ4n) is 1.91. The van der Waals surface area contributed by atoms with E-state index in [1.807, 2.05) is 24.3 Å². The van der Waals surface area contributed by atoms with Crippen LogP contribution in [0.4, 0.5) is 0 Å². The smallest absolute Gasteiger partial charge is 0.251 e. The highest BCUT2D eigenvalue weighted by atomic mass is 16.5. The van der Waals surface area contributed by atoms with Crippen LogP contribution in [0.5, 0.6) is 5.75 Å². The normalized spacial score (nSPS) is 11.7. The highest BCUT2D eigenvalue weighted by molar-refractivity contribution is 5.93. The second-order valence-electron chi connectivity index (χ2n) is 4.96. The van der Waals surface area contributed by atoms with Gasteiger partial charge in [-0.25, -0.2) is 0 Å². The summed E-state index contributed by atoms with van der Waals surface area (Å²) < 4.78 is 10.5. The molecule has 0 aliphatic heterocycles. The maximum absolute atomic E-state index is 11.8. The fraction of sp³-hybridized carbons (Fsp3) is 0.294. The van der Waals surface area contributed by atoms with Crippen molar-refractivity contribution in [2.75, 3.05) is 20.3 Å². The quantitative estimate of drug-likeness (QED) is 0.769. The van der Waals surface area contributed by atoms with Gasteiger partial charge in [-0.05, 0) is 29.8 Å². The van der Waals surface area contributed by atoms with Crippen molar-refractivity contribution in [1.29, 1.82) is 0 Å². The summed E-state index contributed by atoms with van der Waals surface area (Å²) >= 11 is 0. The first-order valence-electron chi connectivity index (χ1n) is 7.26. The van der Waals surface area contributed by atoms with Gasteiger partial charge in [0.2, 0.25) is 0 Å². The molecule has 23 heavy (non-hydrogen) atoms. The Balaban J connectivity index is 1.66. The lowest BCUT2D eigenvalue weighted by Crippen LogP contribution is -2.34. The van der Waals surface area contributed by atoms with E-state index in [-0.39, 0.29) is 19.1 Å². The molecule has 2 N–H and O–H groups in total. The van der Waals surface area contributed by atoms with Gasteiger partial charge in [0.15, 0.2) is 0 Å². The van der Waals surface area contributed by atoms with E-state index in [1.54, 1.807) is 31.6 Å². The van der Waals surface area contributed by atoms with Crippen LogP contribution < -0.4 is 10.1 Å². The predicted molar refractivity (Wildman–Crippen MR) is 85.2 cm³/mol. The van der Waals surface area contributed by atoms with Crippen molar-refractivity contribution < 1.29 is 19.4 Å². The lowest BCUT2D eigenvalue weighted by molar-refractivity contribution is 0.0285. The Morgan fingerprint density at radius 2 is 1.91 bits per heavy atom. The van der Waals surface area contributed by atoms with E-state index < -0.39 is 6.10 Å². The van der Waals surface area contributed by atoms with Crippen LogP contribution in [0.15, 0.2) is 48.8 Å². The minimum atomic E-state index is -0.765. The molecular weight excluding hydrogens is 296 g/mol. The Bertz CT molecular complexity index is 602. The third kappa shape index (κ3) is 5.69. The first kappa shape index (κ1) is 16.9. The van der Waals surface area contributed by atoms with Crippen LogP contribution in [0, 0.1) is 0 Å². The number of amides is 1. The molecule has 1 unspecified atom stereocenters. The van der Waals surface area contributed by atoms with E-state index in [0.29, 0.717) is 12.2 Å². The first-order valence-corrected chi connectivity index (χ1v) is 7.26. The van der Waals surface area contributed by atoms with Crippen LogP contribution in [0.1, 0.15) is 15.9 Å². The van der Waals surface area contributed by atoms with Crippen molar-refractivity contribution >= 4 is 5.91 Å². The molecule has 0 bridgehead atoms. The Morgan fingerprint density at radius 1 is 1.22 bits per heavy atom. The van der Waals surface area contributed by atoms with Gasteiger partial charge < -0.3 is 19.9 Å². The van der Waals surface area contributed by atoms with Crippen LogP contribution >= 0.6 is 0 Å². The topological polar surface area (TPSA) is 80.7 Å². The standard InChI is InChI=1S/C17H20N2O4/c1-22-16-4-2-13(3-5-16)11-23-12-15(20)10-19-17(21)14-6-8-18-9-7-14/h2-9,15,20H,10-12H2,1H3,(H,19,21). The molecule has 122 valence electrons. The van der Waals surface area contributed by atoms with E-state index in [2.05, 4.69) is 10.3 Å². The number of aliphatic hydroxyl groups excluding tert-OH is 1. The summed E-state index contributed by atoms with van der Waals surface area (Å²) in [5, 5.41) is 12.5. The van der Waals surface area contributed by atoms with E-state index in [1.165, 1.54) is 0 Å². The van der Waals surface area contributed by atoms with Crippen LogP contribution in [-0.2, 0) is 11.3 Å². The number of carbonyl (C=O) groups excluding carboxylic acids is 1. The van der Waals surface area contributed by atoms with Gasteiger partial charge in [-0.2, -0.15) is 0 Å². The first-order chi connectivity index (χ1) is 11.2. The zero-order valence-electron chi connectivity index (χ0n) is 12.9. The summed E-state index contributed by atoms with van der Waals surface area (Å²) in [6.45, 7) is 0.659. The maximum atomic E-state index is 11.8. The van der Waals surface area contributed by atoms with Crippen LogP contribution in [0.25, 0.3) is 0 Å². The van der Waals surface area contributed by atoms with Gasteiger partial charge in [-0.15, -0.1) is 0 Å². The van der Waals surface area contributed by atoms with E-state index >= 15 is 0 Å². The Hall–Kier alpha value is -2.44. The third-order valence-corrected chi connectivity index (χ3v) is 3.18. The number of aliphatic hydroxyl groups is 1. The van der Waals surface area contributed by atoms with Crippen molar-refractivity contribution in [3.63, 3.8) is 0 Å². The monoisotopic (exact) mass is 316 g/mol. The number of aromatic nitrogens is 1. The molecule has 1 aromatic heterocycles. The minimum Gasteiger partial charge on any atom is -0.497 e. The average Bonchev–Trinajstić information content (AvgIpc) is 2.61. The van der Waals surface area contributed by atoms with Crippen molar-refractivity contribution in [3.05, 3.63) is 59.9 Å². The van der Waals surface area contributed by atoms with Crippen LogP contribution in [0.3, 0.4) is 0 Å². The number of benzene rings is 1. The SMILES string of the molecule is COc1ccc(COCC(O)CNC(=O)c2ccncc2)cc1. The Morgan fingerprint density at radius 3 is 2.57 bits per heavy atom. The zero-order valence-corrected chi connectivity index (χ0v) is 12.9. The number of nitrogens with zero attached hydrogens (tertiary/aromatic N) is 1. The van der Waals surface area contributed by atoms with Gasteiger partial charge in [0.05, 0.1) is 26.4 Å². The number of pyridine rings is 1. The second kappa shape index (κ2) is 8.87. The molecule has 2 aromatic rings. The minimum absolute atomic E-state index is 0.129.